The smallest absolute Gasteiger partial charge is 0.119 e. The quantitative estimate of drug-likeness (QED) is 0.424. The van der Waals surface area contributed by atoms with E-state index in [1.165, 1.54) is 5.56 Å². The van der Waals surface area contributed by atoms with Crippen LogP contribution in [0.1, 0.15) is 11.4 Å². The molecule has 1 aromatic heterocycles. The SMILES string of the molecule is COc1ccc(OCCn2c(Cc3ccc(Cl)cc3)nc3ccccc32)cc1. The van der Waals surface area contributed by atoms with Crippen LogP contribution in [0.4, 0.5) is 0 Å². The van der Waals surface area contributed by atoms with Crippen LogP contribution < -0.4 is 9.47 Å². The molecule has 28 heavy (non-hydrogen) atoms. The molecule has 0 atom stereocenters. The van der Waals surface area contributed by atoms with Gasteiger partial charge in [-0.2, -0.15) is 0 Å². The van der Waals surface area contributed by atoms with Crippen molar-refractivity contribution in [2.45, 2.75) is 13.0 Å². The molecule has 0 fully saturated rings. The van der Waals surface area contributed by atoms with Gasteiger partial charge >= 0.3 is 0 Å². The first-order valence-electron chi connectivity index (χ1n) is 9.18. The van der Waals surface area contributed by atoms with Gasteiger partial charge < -0.3 is 14.0 Å². The van der Waals surface area contributed by atoms with Crippen LogP contribution in [-0.4, -0.2) is 23.3 Å². The number of nitrogens with zero attached hydrogens (tertiary/aromatic N) is 2. The van der Waals surface area contributed by atoms with Gasteiger partial charge in [0.2, 0.25) is 0 Å². The molecule has 0 aliphatic heterocycles. The van der Waals surface area contributed by atoms with Crippen LogP contribution in [0.25, 0.3) is 11.0 Å². The molecule has 0 N–H and O–H groups in total. The van der Waals surface area contributed by atoms with Gasteiger partial charge in [-0.25, -0.2) is 4.98 Å². The van der Waals surface area contributed by atoms with Crippen molar-refractivity contribution in [3.63, 3.8) is 0 Å². The molecule has 0 aliphatic carbocycles. The number of halogens is 1. The van der Waals surface area contributed by atoms with E-state index >= 15 is 0 Å². The van der Waals surface area contributed by atoms with E-state index in [2.05, 4.69) is 10.6 Å². The monoisotopic (exact) mass is 392 g/mol. The molecular weight excluding hydrogens is 372 g/mol. The lowest BCUT2D eigenvalue weighted by Gasteiger charge is -2.11. The average molecular weight is 393 g/mol. The van der Waals surface area contributed by atoms with E-state index in [1.807, 2.05) is 66.7 Å². The van der Waals surface area contributed by atoms with Gasteiger partial charge in [-0.15, -0.1) is 0 Å². The van der Waals surface area contributed by atoms with Gasteiger partial charge in [-0.1, -0.05) is 35.9 Å². The van der Waals surface area contributed by atoms with Crippen LogP contribution in [0.15, 0.2) is 72.8 Å². The summed E-state index contributed by atoms with van der Waals surface area (Å²) in [7, 11) is 1.65. The highest BCUT2D eigenvalue weighted by atomic mass is 35.5. The van der Waals surface area contributed by atoms with Crippen LogP contribution in [-0.2, 0) is 13.0 Å². The zero-order valence-electron chi connectivity index (χ0n) is 15.6. The lowest BCUT2D eigenvalue weighted by atomic mass is 10.1. The first-order valence-corrected chi connectivity index (χ1v) is 9.56. The summed E-state index contributed by atoms with van der Waals surface area (Å²) in [6.45, 7) is 1.27. The fourth-order valence-corrected chi connectivity index (χ4v) is 3.35. The molecule has 0 unspecified atom stereocenters. The minimum absolute atomic E-state index is 0.556. The van der Waals surface area contributed by atoms with Crippen molar-refractivity contribution in [3.8, 4) is 11.5 Å². The van der Waals surface area contributed by atoms with Crippen molar-refractivity contribution in [2.75, 3.05) is 13.7 Å². The summed E-state index contributed by atoms with van der Waals surface area (Å²) >= 11 is 6.01. The summed E-state index contributed by atoms with van der Waals surface area (Å²) < 4.78 is 13.3. The number of hydrogen-bond donors (Lipinski definition) is 0. The number of imidazole rings is 1. The molecule has 1 heterocycles. The molecule has 0 saturated carbocycles. The van der Waals surface area contributed by atoms with E-state index in [0.29, 0.717) is 6.61 Å². The van der Waals surface area contributed by atoms with Crippen LogP contribution in [0, 0.1) is 0 Å². The second-order valence-corrected chi connectivity index (χ2v) is 6.93. The fourth-order valence-electron chi connectivity index (χ4n) is 3.22. The Kier molecular flexibility index (Phi) is 5.49. The first-order chi connectivity index (χ1) is 13.7. The molecule has 0 amide bonds. The van der Waals surface area contributed by atoms with Crippen LogP contribution in [0.5, 0.6) is 11.5 Å². The fraction of sp³-hybridized carbons (Fsp3) is 0.174. The Balaban J connectivity index is 1.53. The van der Waals surface area contributed by atoms with E-state index in [0.717, 1.165) is 46.3 Å². The zero-order valence-corrected chi connectivity index (χ0v) is 16.4. The van der Waals surface area contributed by atoms with Crippen molar-refractivity contribution >= 4 is 22.6 Å². The van der Waals surface area contributed by atoms with Gasteiger partial charge in [-0.05, 0) is 54.1 Å². The molecule has 4 nitrogen and oxygen atoms in total. The van der Waals surface area contributed by atoms with Crippen molar-refractivity contribution in [1.82, 2.24) is 9.55 Å². The molecule has 0 radical (unpaired) electrons. The number of hydrogen-bond acceptors (Lipinski definition) is 3. The Morgan fingerprint density at radius 3 is 2.36 bits per heavy atom. The highest BCUT2D eigenvalue weighted by molar-refractivity contribution is 6.30. The maximum atomic E-state index is 6.01. The molecule has 0 spiro atoms. The third-order valence-electron chi connectivity index (χ3n) is 4.65. The van der Waals surface area contributed by atoms with Gasteiger partial charge in [0.1, 0.15) is 23.9 Å². The van der Waals surface area contributed by atoms with Crippen LogP contribution in [0.2, 0.25) is 5.02 Å². The summed E-state index contributed by atoms with van der Waals surface area (Å²) in [5.74, 6) is 2.66. The molecule has 4 aromatic rings. The summed E-state index contributed by atoms with van der Waals surface area (Å²) in [6, 6.07) is 23.7. The Bertz CT molecular complexity index is 1060. The normalized spacial score (nSPS) is 10.9. The van der Waals surface area contributed by atoms with Crippen molar-refractivity contribution in [1.29, 1.82) is 0 Å². The van der Waals surface area contributed by atoms with Crippen molar-refractivity contribution in [2.24, 2.45) is 0 Å². The van der Waals surface area contributed by atoms with Crippen LogP contribution in [0.3, 0.4) is 0 Å². The number of ether oxygens (including phenoxy) is 2. The number of fused-ring (bicyclic) bond motifs is 1. The van der Waals surface area contributed by atoms with Gasteiger partial charge in [0.25, 0.3) is 0 Å². The molecule has 0 aliphatic rings. The molecule has 5 heteroatoms. The summed E-state index contributed by atoms with van der Waals surface area (Å²) in [6.07, 6.45) is 0.744. The first kappa shape index (κ1) is 18.4. The number of aromatic nitrogens is 2. The van der Waals surface area contributed by atoms with Gasteiger partial charge in [0.05, 0.1) is 24.7 Å². The lowest BCUT2D eigenvalue weighted by Crippen LogP contribution is -2.11. The van der Waals surface area contributed by atoms with Crippen molar-refractivity contribution < 1.29 is 9.47 Å². The number of methoxy groups -OCH3 is 1. The third-order valence-corrected chi connectivity index (χ3v) is 4.90. The highest BCUT2D eigenvalue weighted by Crippen LogP contribution is 2.21. The molecule has 0 bridgehead atoms. The Morgan fingerprint density at radius 2 is 1.61 bits per heavy atom. The van der Waals surface area contributed by atoms with Gasteiger partial charge in [-0.3, -0.25) is 0 Å². The predicted octanol–water partition coefficient (Wildman–Crippen LogP) is 5.37. The molecule has 4 rings (SSSR count). The molecule has 142 valence electrons. The van der Waals surface area contributed by atoms with E-state index in [4.69, 9.17) is 26.1 Å². The van der Waals surface area contributed by atoms with E-state index in [-0.39, 0.29) is 0 Å². The predicted molar refractivity (Wildman–Crippen MR) is 112 cm³/mol. The largest absolute Gasteiger partial charge is 0.497 e. The second kappa shape index (κ2) is 8.36. The third kappa shape index (κ3) is 4.12. The maximum Gasteiger partial charge on any atom is 0.119 e. The highest BCUT2D eigenvalue weighted by Gasteiger charge is 2.11. The minimum atomic E-state index is 0.556. The Morgan fingerprint density at radius 1 is 0.893 bits per heavy atom. The minimum Gasteiger partial charge on any atom is -0.497 e. The Hall–Kier alpha value is -2.98. The summed E-state index contributed by atoms with van der Waals surface area (Å²) in [4.78, 5) is 4.84. The average Bonchev–Trinajstić information content (AvgIpc) is 3.07. The number of para-hydroxylation sites is 2. The Labute approximate surface area is 169 Å². The number of rotatable bonds is 7. The van der Waals surface area contributed by atoms with Crippen LogP contribution >= 0.6 is 11.6 Å². The summed E-state index contributed by atoms with van der Waals surface area (Å²) in [5, 5.41) is 0.741. The standard InChI is InChI=1S/C23H21ClN2O2/c1-27-19-10-12-20(13-11-19)28-15-14-26-22-5-3-2-4-21(22)25-23(26)16-17-6-8-18(24)9-7-17/h2-13H,14-16H2,1H3. The van der Waals surface area contributed by atoms with E-state index < -0.39 is 0 Å². The maximum absolute atomic E-state index is 6.01. The molecule has 0 saturated heterocycles. The van der Waals surface area contributed by atoms with E-state index in [9.17, 15) is 0 Å². The zero-order chi connectivity index (χ0) is 19.3. The second-order valence-electron chi connectivity index (χ2n) is 6.50. The summed E-state index contributed by atoms with van der Waals surface area (Å²) in [5.41, 5.74) is 3.29. The molecular formula is C23H21ClN2O2. The van der Waals surface area contributed by atoms with Crippen molar-refractivity contribution in [3.05, 3.63) is 89.2 Å². The topological polar surface area (TPSA) is 36.3 Å². The van der Waals surface area contributed by atoms with Gasteiger partial charge in [0, 0.05) is 11.4 Å². The lowest BCUT2D eigenvalue weighted by molar-refractivity contribution is 0.298. The molecule has 3 aromatic carbocycles. The number of benzene rings is 3. The van der Waals surface area contributed by atoms with E-state index in [1.54, 1.807) is 7.11 Å². The van der Waals surface area contributed by atoms with Gasteiger partial charge in [0.15, 0.2) is 0 Å².